The van der Waals surface area contributed by atoms with Crippen molar-refractivity contribution in [3.8, 4) is 5.75 Å². The second-order valence-electron chi connectivity index (χ2n) is 8.40. The lowest BCUT2D eigenvalue weighted by atomic mass is 10.2. The third-order valence-corrected chi connectivity index (χ3v) is 8.31. The summed E-state index contributed by atoms with van der Waals surface area (Å²) in [6.45, 7) is 6.50. The summed E-state index contributed by atoms with van der Waals surface area (Å²) >= 11 is 0. The number of methoxy groups -OCH3 is 1. The van der Waals surface area contributed by atoms with Crippen LogP contribution in [0.5, 0.6) is 5.75 Å². The molecule has 0 spiro atoms. The predicted octanol–water partition coefficient (Wildman–Crippen LogP) is 1.87. The number of piperazine rings is 1. The van der Waals surface area contributed by atoms with Gasteiger partial charge in [0, 0.05) is 45.0 Å². The molecule has 34 heavy (non-hydrogen) atoms. The highest BCUT2D eigenvalue weighted by atomic mass is 32.2. The number of carbonyl (C=O) groups is 1. The highest BCUT2D eigenvalue weighted by Gasteiger charge is 2.28. The minimum absolute atomic E-state index is 0.116. The van der Waals surface area contributed by atoms with Crippen LogP contribution in [-0.2, 0) is 19.6 Å². The van der Waals surface area contributed by atoms with Crippen LogP contribution in [0.4, 0.5) is 11.4 Å². The molecule has 2 aromatic carbocycles. The van der Waals surface area contributed by atoms with Crippen molar-refractivity contribution >= 4 is 27.3 Å². The van der Waals surface area contributed by atoms with E-state index in [0.717, 1.165) is 37.6 Å². The summed E-state index contributed by atoms with van der Waals surface area (Å²) in [6, 6.07) is 14.0. The average molecular weight is 489 g/mol. The lowest BCUT2D eigenvalue weighted by Crippen LogP contribution is -2.52. The number of para-hydroxylation sites is 2. The van der Waals surface area contributed by atoms with E-state index in [9.17, 15) is 13.2 Å². The molecule has 2 aliphatic heterocycles. The number of nitrogens with zero attached hydrogens (tertiary/aromatic N) is 3. The molecule has 184 valence electrons. The van der Waals surface area contributed by atoms with E-state index in [0.29, 0.717) is 32.0 Å². The predicted molar refractivity (Wildman–Crippen MR) is 131 cm³/mol. The van der Waals surface area contributed by atoms with Crippen LogP contribution in [0.1, 0.15) is 6.92 Å². The lowest BCUT2D eigenvalue weighted by Gasteiger charge is -2.38. The van der Waals surface area contributed by atoms with Crippen LogP contribution in [0.2, 0.25) is 0 Å². The maximum absolute atomic E-state index is 12.9. The van der Waals surface area contributed by atoms with E-state index >= 15 is 0 Å². The molecule has 0 saturated carbocycles. The van der Waals surface area contributed by atoms with E-state index in [1.54, 1.807) is 19.2 Å². The van der Waals surface area contributed by atoms with Crippen molar-refractivity contribution in [3.05, 3.63) is 48.5 Å². The molecule has 0 unspecified atom stereocenters. The van der Waals surface area contributed by atoms with Crippen molar-refractivity contribution < 1.29 is 22.7 Å². The number of sulfonamides is 1. The zero-order valence-corrected chi connectivity index (χ0v) is 20.5. The number of ether oxygens (including phenoxy) is 2. The summed E-state index contributed by atoms with van der Waals surface area (Å²) in [5.41, 5.74) is 1.64. The Morgan fingerprint density at radius 1 is 0.971 bits per heavy atom. The molecule has 2 fully saturated rings. The largest absolute Gasteiger partial charge is 0.495 e. The van der Waals surface area contributed by atoms with Gasteiger partial charge in [0.2, 0.25) is 15.9 Å². The van der Waals surface area contributed by atoms with Gasteiger partial charge in [-0.1, -0.05) is 12.1 Å². The van der Waals surface area contributed by atoms with E-state index in [1.165, 1.54) is 16.4 Å². The van der Waals surface area contributed by atoms with Crippen molar-refractivity contribution in [3.63, 3.8) is 0 Å². The Bertz CT molecular complexity index is 1080. The van der Waals surface area contributed by atoms with Gasteiger partial charge in [-0.2, -0.15) is 4.31 Å². The van der Waals surface area contributed by atoms with Gasteiger partial charge in [0.05, 0.1) is 36.9 Å². The van der Waals surface area contributed by atoms with Gasteiger partial charge in [-0.3, -0.25) is 9.69 Å². The molecule has 0 aliphatic carbocycles. The van der Waals surface area contributed by atoms with Gasteiger partial charge >= 0.3 is 0 Å². The van der Waals surface area contributed by atoms with Crippen molar-refractivity contribution in [1.29, 1.82) is 0 Å². The minimum atomic E-state index is -3.56. The Balaban J connectivity index is 1.32. The molecular weight excluding hydrogens is 456 g/mol. The first-order chi connectivity index (χ1) is 16.4. The van der Waals surface area contributed by atoms with Crippen LogP contribution in [0.25, 0.3) is 0 Å². The topological polar surface area (TPSA) is 91.4 Å². The first-order valence-corrected chi connectivity index (χ1v) is 12.9. The zero-order chi connectivity index (χ0) is 24.1. The summed E-state index contributed by atoms with van der Waals surface area (Å²) in [4.78, 5) is 17.5. The fourth-order valence-electron chi connectivity index (χ4n) is 4.30. The van der Waals surface area contributed by atoms with Gasteiger partial charge in [-0.15, -0.1) is 0 Å². The lowest BCUT2D eigenvalue weighted by molar-refractivity contribution is -0.120. The number of benzene rings is 2. The molecule has 10 heteroatoms. The maximum atomic E-state index is 12.9. The normalized spacial score (nSPS) is 18.9. The van der Waals surface area contributed by atoms with Gasteiger partial charge < -0.3 is 19.7 Å². The summed E-state index contributed by atoms with van der Waals surface area (Å²) in [5, 5.41) is 2.92. The third-order valence-electron chi connectivity index (χ3n) is 6.40. The molecule has 2 aromatic rings. The van der Waals surface area contributed by atoms with Gasteiger partial charge in [0.15, 0.2) is 0 Å². The van der Waals surface area contributed by atoms with Crippen LogP contribution in [0.15, 0.2) is 53.4 Å². The second kappa shape index (κ2) is 10.7. The fourth-order valence-corrected chi connectivity index (χ4v) is 5.71. The Hall–Kier alpha value is -2.66. The highest BCUT2D eigenvalue weighted by Crippen LogP contribution is 2.28. The standard InChI is InChI=1S/C24H32N4O5S/c1-19(26-11-13-27(14-12-26)22-5-3-4-6-23(22)32-2)24(29)25-20-7-9-21(10-8-20)34(30,31)28-15-17-33-18-16-28/h3-10,19H,11-18H2,1-2H3,(H,25,29)/t19-/m0/s1. The van der Waals surface area contributed by atoms with Crippen LogP contribution in [0, 0.1) is 0 Å². The van der Waals surface area contributed by atoms with E-state index in [2.05, 4.69) is 15.1 Å². The number of rotatable bonds is 7. The number of nitrogens with one attached hydrogen (secondary N) is 1. The molecular formula is C24H32N4O5S. The summed E-state index contributed by atoms with van der Waals surface area (Å²) in [5.74, 6) is 0.732. The first kappa shape index (κ1) is 24.5. The Kier molecular flexibility index (Phi) is 7.72. The Labute approximate surface area is 201 Å². The zero-order valence-electron chi connectivity index (χ0n) is 19.6. The summed E-state index contributed by atoms with van der Waals surface area (Å²) in [7, 11) is -1.88. The molecule has 1 atom stereocenters. The average Bonchev–Trinajstić information content (AvgIpc) is 2.89. The van der Waals surface area contributed by atoms with E-state index < -0.39 is 10.0 Å². The van der Waals surface area contributed by atoms with Crippen LogP contribution < -0.4 is 15.0 Å². The first-order valence-electron chi connectivity index (χ1n) is 11.5. The van der Waals surface area contributed by atoms with E-state index in [4.69, 9.17) is 9.47 Å². The molecule has 2 heterocycles. The number of hydrogen-bond acceptors (Lipinski definition) is 7. The number of amides is 1. The smallest absolute Gasteiger partial charge is 0.243 e. The maximum Gasteiger partial charge on any atom is 0.243 e. The molecule has 2 saturated heterocycles. The summed E-state index contributed by atoms with van der Waals surface area (Å²) < 4.78 is 37.7. The van der Waals surface area contributed by atoms with Crippen LogP contribution in [-0.4, -0.2) is 89.2 Å². The fraction of sp³-hybridized carbons (Fsp3) is 0.458. The number of anilines is 2. The van der Waals surface area contributed by atoms with Gasteiger partial charge in [0.1, 0.15) is 5.75 Å². The Morgan fingerprint density at radius 3 is 2.26 bits per heavy atom. The number of morpholine rings is 1. The molecule has 1 N–H and O–H groups in total. The van der Waals surface area contributed by atoms with Crippen molar-refractivity contribution in [2.45, 2.75) is 17.9 Å². The molecule has 0 radical (unpaired) electrons. The molecule has 0 bridgehead atoms. The molecule has 1 amide bonds. The Morgan fingerprint density at radius 2 is 1.62 bits per heavy atom. The second-order valence-corrected chi connectivity index (χ2v) is 10.3. The number of carbonyl (C=O) groups excluding carboxylic acids is 1. The molecule has 0 aromatic heterocycles. The highest BCUT2D eigenvalue weighted by molar-refractivity contribution is 7.89. The van der Waals surface area contributed by atoms with Crippen molar-refractivity contribution in [2.24, 2.45) is 0 Å². The van der Waals surface area contributed by atoms with Gasteiger partial charge in [-0.25, -0.2) is 8.42 Å². The third kappa shape index (κ3) is 5.35. The molecule has 2 aliphatic rings. The van der Waals surface area contributed by atoms with Crippen molar-refractivity contribution in [1.82, 2.24) is 9.21 Å². The van der Waals surface area contributed by atoms with Gasteiger partial charge in [-0.05, 0) is 43.3 Å². The SMILES string of the molecule is COc1ccccc1N1CCN([C@@H](C)C(=O)Nc2ccc(S(=O)(=O)N3CCOCC3)cc2)CC1. The molecule has 9 nitrogen and oxygen atoms in total. The van der Waals surface area contributed by atoms with Crippen molar-refractivity contribution in [2.75, 3.05) is 69.8 Å². The van der Waals surface area contributed by atoms with E-state index in [-0.39, 0.29) is 16.8 Å². The minimum Gasteiger partial charge on any atom is -0.495 e. The van der Waals surface area contributed by atoms with E-state index in [1.807, 2.05) is 31.2 Å². The molecule has 4 rings (SSSR count). The monoisotopic (exact) mass is 488 g/mol. The van der Waals surface area contributed by atoms with Gasteiger partial charge in [0.25, 0.3) is 0 Å². The number of hydrogen-bond donors (Lipinski definition) is 1. The quantitative estimate of drug-likeness (QED) is 0.636. The summed E-state index contributed by atoms with van der Waals surface area (Å²) in [6.07, 6.45) is 0. The van der Waals surface area contributed by atoms with Crippen LogP contribution in [0.3, 0.4) is 0 Å². The van der Waals surface area contributed by atoms with Crippen LogP contribution >= 0.6 is 0 Å².